The van der Waals surface area contributed by atoms with Crippen molar-refractivity contribution < 1.29 is 18.3 Å². The summed E-state index contributed by atoms with van der Waals surface area (Å²) in [6.45, 7) is 1.63. The third kappa shape index (κ3) is 3.93. The lowest BCUT2D eigenvalue weighted by molar-refractivity contribution is -0.136. The fraction of sp³-hybridized carbons (Fsp3) is 0.250. The van der Waals surface area contributed by atoms with E-state index in [-0.39, 0.29) is 11.3 Å². The van der Waals surface area contributed by atoms with E-state index in [1.54, 1.807) is 13.0 Å². The standard InChI is InChI=1S/C12H12O4S/c1-3-4-9-5-10(8-12(13)14)7-11(6-9)17(2,15)16/h5-7H,8H2,1-2H3,(H,13,14). The molecule has 1 rings (SSSR count). The Hall–Kier alpha value is -1.80. The summed E-state index contributed by atoms with van der Waals surface area (Å²) in [5.74, 6) is 4.37. The zero-order valence-electron chi connectivity index (χ0n) is 9.52. The Morgan fingerprint density at radius 3 is 2.47 bits per heavy atom. The van der Waals surface area contributed by atoms with Crippen LogP contribution in [0, 0.1) is 11.8 Å². The number of carbonyl (C=O) groups is 1. The lowest BCUT2D eigenvalue weighted by Gasteiger charge is -2.03. The SMILES string of the molecule is CC#Cc1cc(CC(=O)O)cc(S(C)(=O)=O)c1. The van der Waals surface area contributed by atoms with Crippen LogP contribution in [0.25, 0.3) is 0 Å². The minimum atomic E-state index is -3.36. The highest BCUT2D eigenvalue weighted by Crippen LogP contribution is 2.15. The van der Waals surface area contributed by atoms with E-state index in [4.69, 9.17) is 5.11 Å². The van der Waals surface area contributed by atoms with Crippen LogP contribution >= 0.6 is 0 Å². The Morgan fingerprint density at radius 2 is 2.00 bits per heavy atom. The largest absolute Gasteiger partial charge is 0.481 e. The molecule has 0 saturated carbocycles. The highest BCUT2D eigenvalue weighted by molar-refractivity contribution is 7.90. The van der Waals surface area contributed by atoms with Crippen molar-refractivity contribution in [2.24, 2.45) is 0 Å². The predicted octanol–water partition coefficient (Wildman–Crippen LogP) is 1.09. The molecule has 0 spiro atoms. The van der Waals surface area contributed by atoms with Crippen molar-refractivity contribution >= 4 is 15.8 Å². The lowest BCUT2D eigenvalue weighted by atomic mass is 10.1. The molecule has 0 fully saturated rings. The topological polar surface area (TPSA) is 71.4 Å². The van der Waals surface area contributed by atoms with Crippen LogP contribution in [-0.2, 0) is 21.1 Å². The van der Waals surface area contributed by atoms with E-state index < -0.39 is 15.8 Å². The predicted molar refractivity (Wildman–Crippen MR) is 63.4 cm³/mol. The highest BCUT2D eigenvalue weighted by Gasteiger charge is 2.11. The molecule has 4 nitrogen and oxygen atoms in total. The lowest BCUT2D eigenvalue weighted by Crippen LogP contribution is -2.04. The van der Waals surface area contributed by atoms with Gasteiger partial charge in [-0.3, -0.25) is 4.79 Å². The van der Waals surface area contributed by atoms with Crippen molar-refractivity contribution in [2.75, 3.05) is 6.26 Å². The van der Waals surface area contributed by atoms with Gasteiger partial charge in [0, 0.05) is 11.8 Å². The Morgan fingerprint density at radius 1 is 1.35 bits per heavy atom. The van der Waals surface area contributed by atoms with Crippen LogP contribution in [0.4, 0.5) is 0 Å². The summed E-state index contributed by atoms with van der Waals surface area (Å²) in [6.07, 6.45) is 0.859. The summed E-state index contributed by atoms with van der Waals surface area (Å²) in [4.78, 5) is 10.7. The van der Waals surface area contributed by atoms with Crippen LogP contribution in [0.2, 0.25) is 0 Å². The smallest absolute Gasteiger partial charge is 0.307 e. The zero-order chi connectivity index (χ0) is 13.1. The molecule has 0 aliphatic rings. The molecule has 0 heterocycles. The van der Waals surface area contributed by atoms with Gasteiger partial charge in [-0.1, -0.05) is 5.92 Å². The van der Waals surface area contributed by atoms with Crippen LogP contribution in [-0.4, -0.2) is 25.7 Å². The summed E-state index contributed by atoms with van der Waals surface area (Å²) in [6, 6.07) is 4.39. The van der Waals surface area contributed by atoms with Gasteiger partial charge in [0.25, 0.3) is 0 Å². The second-order valence-corrected chi connectivity index (χ2v) is 5.60. The summed E-state index contributed by atoms with van der Waals surface area (Å²) < 4.78 is 22.9. The number of benzene rings is 1. The highest BCUT2D eigenvalue weighted by atomic mass is 32.2. The fourth-order valence-electron chi connectivity index (χ4n) is 1.37. The van der Waals surface area contributed by atoms with E-state index in [0.29, 0.717) is 11.1 Å². The molecular weight excluding hydrogens is 240 g/mol. The number of rotatable bonds is 3. The van der Waals surface area contributed by atoms with E-state index in [1.807, 2.05) is 0 Å². The van der Waals surface area contributed by atoms with Crippen LogP contribution < -0.4 is 0 Å². The number of hydrogen-bond acceptors (Lipinski definition) is 3. The van der Waals surface area contributed by atoms with E-state index in [2.05, 4.69) is 11.8 Å². The maximum atomic E-state index is 11.4. The normalized spacial score (nSPS) is 10.5. The minimum absolute atomic E-state index is 0.0917. The Kier molecular flexibility index (Phi) is 3.92. The molecule has 1 aromatic rings. The molecule has 0 aromatic heterocycles. The molecule has 5 heteroatoms. The third-order valence-corrected chi connectivity index (χ3v) is 3.11. The van der Waals surface area contributed by atoms with E-state index >= 15 is 0 Å². The minimum Gasteiger partial charge on any atom is -0.481 e. The molecule has 1 N–H and O–H groups in total. The number of carboxylic acid groups (broad SMARTS) is 1. The summed E-state index contributed by atoms with van der Waals surface area (Å²) >= 11 is 0. The van der Waals surface area contributed by atoms with E-state index in [1.165, 1.54) is 12.1 Å². The number of carboxylic acids is 1. The van der Waals surface area contributed by atoms with Gasteiger partial charge in [0.1, 0.15) is 0 Å². The average molecular weight is 252 g/mol. The number of hydrogen-bond donors (Lipinski definition) is 1. The molecule has 17 heavy (non-hydrogen) atoms. The Labute approximate surface area is 100 Å². The van der Waals surface area contributed by atoms with Gasteiger partial charge < -0.3 is 5.11 Å². The van der Waals surface area contributed by atoms with Gasteiger partial charge in [-0.15, -0.1) is 5.92 Å². The van der Waals surface area contributed by atoms with Crippen LogP contribution in [0.1, 0.15) is 18.1 Å². The molecule has 0 bridgehead atoms. The second kappa shape index (κ2) is 5.02. The van der Waals surface area contributed by atoms with Gasteiger partial charge in [-0.2, -0.15) is 0 Å². The Balaban J connectivity index is 3.37. The molecule has 0 aliphatic heterocycles. The summed E-state index contributed by atoms with van der Waals surface area (Å²) in [5.41, 5.74) is 0.935. The monoisotopic (exact) mass is 252 g/mol. The number of aliphatic carboxylic acids is 1. The molecule has 0 unspecified atom stereocenters. The van der Waals surface area contributed by atoms with Gasteiger partial charge in [0.2, 0.25) is 0 Å². The average Bonchev–Trinajstić information content (AvgIpc) is 2.15. The molecule has 0 atom stereocenters. The summed E-state index contributed by atoms with van der Waals surface area (Å²) in [7, 11) is -3.36. The molecule has 0 amide bonds. The van der Waals surface area contributed by atoms with Crippen molar-refractivity contribution in [3.8, 4) is 11.8 Å². The van der Waals surface area contributed by atoms with E-state index in [9.17, 15) is 13.2 Å². The van der Waals surface area contributed by atoms with Gasteiger partial charge in [0.05, 0.1) is 11.3 Å². The van der Waals surface area contributed by atoms with Crippen molar-refractivity contribution in [1.29, 1.82) is 0 Å². The quantitative estimate of drug-likeness (QED) is 0.817. The molecule has 1 aromatic carbocycles. The first-order valence-corrected chi connectivity index (χ1v) is 6.70. The second-order valence-electron chi connectivity index (χ2n) is 3.58. The van der Waals surface area contributed by atoms with E-state index in [0.717, 1.165) is 6.26 Å². The molecule has 0 saturated heterocycles. The van der Waals surface area contributed by atoms with Crippen molar-refractivity contribution in [3.05, 3.63) is 29.3 Å². The zero-order valence-corrected chi connectivity index (χ0v) is 10.3. The van der Waals surface area contributed by atoms with Crippen LogP contribution in [0.5, 0.6) is 0 Å². The molecule has 0 aliphatic carbocycles. The van der Waals surface area contributed by atoms with Crippen LogP contribution in [0.15, 0.2) is 23.1 Å². The Bertz CT molecular complexity index is 603. The van der Waals surface area contributed by atoms with Gasteiger partial charge >= 0.3 is 5.97 Å². The fourth-order valence-corrected chi connectivity index (χ4v) is 2.07. The maximum absolute atomic E-state index is 11.4. The third-order valence-electron chi connectivity index (χ3n) is 2.02. The van der Waals surface area contributed by atoms with Crippen LogP contribution in [0.3, 0.4) is 0 Å². The molecular formula is C12H12O4S. The summed E-state index contributed by atoms with van der Waals surface area (Å²) in [5, 5.41) is 8.70. The van der Waals surface area contributed by atoms with Crippen molar-refractivity contribution in [1.82, 2.24) is 0 Å². The first kappa shape index (κ1) is 13.3. The maximum Gasteiger partial charge on any atom is 0.307 e. The van der Waals surface area contributed by atoms with Crippen molar-refractivity contribution in [2.45, 2.75) is 18.2 Å². The van der Waals surface area contributed by atoms with Gasteiger partial charge in [0.15, 0.2) is 9.84 Å². The van der Waals surface area contributed by atoms with Gasteiger partial charge in [-0.25, -0.2) is 8.42 Å². The van der Waals surface area contributed by atoms with Crippen molar-refractivity contribution in [3.63, 3.8) is 0 Å². The first-order valence-electron chi connectivity index (χ1n) is 4.81. The van der Waals surface area contributed by atoms with Gasteiger partial charge in [-0.05, 0) is 30.7 Å². The number of sulfone groups is 1. The first-order chi connectivity index (χ1) is 7.82. The molecule has 0 radical (unpaired) electrons. The molecule has 90 valence electrons.